The molecule has 1 aliphatic carbocycles. The van der Waals surface area contributed by atoms with E-state index in [2.05, 4.69) is 39.9 Å². The zero-order valence-corrected chi connectivity index (χ0v) is 17.9. The van der Waals surface area contributed by atoms with Crippen molar-refractivity contribution >= 4 is 25.8 Å². The molecule has 1 aromatic carbocycles. The van der Waals surface area contributed by atoms with Crippen LogP contribution >= 0.6 is 11.6 Å². The number of amides is 1. The molecule has 0 aromatic heterocycles. The summed E-state index contributed by atoms with van der Waals surface area (Å²) in [5.41, 5.74) is 2.09. The van der Waals surface area contributed by atoms with Crippen molar-refractivity contribution in [3.05, 3.63) is 34.3 Å². The molecule has 0 unspecified atom stereocenters. The van der Waals surface area contributed by atoms with Crippen LogP contribution in [0.3, 0.4) is 0 Å². The molecule has 0 saturated heterocycles. The molecule has 25 heavy (non-hydrogen) atoms. The molecule has 0 bridgehead atoms. The lowest BCUT2D eigenvalue weighted by atomic mass is 9.61. The molecule has 1 amide bonds. The average molecular weight is 380 g/mol. The first-order chi connectivity index (χ1) is 11.6. The summed E-state index contributed by atoms with van der Waals surface area (Å²) in [4.78, 5) is 15.2. The van der Waals surface area contributed by atoms with Gasteiger partial charge in [-0.25, -0.2) is 0 Å². The average Bonchev–Trinajstić information content (AvgIpc) is 2.45. The van der Waals surface area contributed by atoms with Crippen molar-refractivity contribution in [2.75, 3.05) is 13.2 Å². The Kier molecular flexibility index (Phi) is 4.84. The molecule has 1 aromatic rings. The largest absolute Gasteiger partial charge is 0.415 e. The number of nitrogens with zero attached hydrogens (tertiary/aromatic N) is 1. The normalized spacial score (nSPS) is 19.8. The van der Waals surface area contributed by atoms with Gasteiger partial charge in [-0.2, -0.15) is 0 Å². The number of benzene rings is 1. The lowest BCUT2D eigenvalue weighted by molar-refractivity contribution is -0.143. The van der Waals surface area contributed by atoms with Crippen LogP contribution in [0, 0.1) is 0 Å². The van der Waals surface area contributed by atoms with Crippen LogP contribution in [0.1, 0.15) is 51.2 Å². The summed E-state index contributed by atoms with van der Waals surface area (Å²) in [6.45, 7) is 13.2. The molecule has 138 valence electrons. The quantitative estimate of drug-likeness (QED) is 0.679. The third kappa shape index (κ3) is 3.29. The van der Waals surface area contributed by atoms with Gasteiger partial charge in [0.15, 0.2) is 8.32 Å². The van der Waals surface area contributed by atoms with E-state index in [-0.39, 0.29) is 16.4 Å². The molecule has 1 fully saturated rings. The molecule has 0 N–H and O–H groups in total. The second kappa shape index (κ2) is 6.40. The fourth-order valence-electron chi connectivity index (χ4n) is 3.65. The predicted octanol–water partition coefficient (Wildman–Crippen LogP) is 5.13. The van der Waals surface area contributed by atoms with Gasteiger partial charge < -0.3 is 9.33 Å². The highest BCUT2D eigenvalue weighted by Crippen LogP contribution is 2.49. The number of fused-ring (bicyclic) bond motifs is 2. The second-order valence-electron chi connectivity index (χ2n) is 9.07. The Morgan fingerprint density at radius 2 is 1.96 bits per heavy atom. The minimum Gasteiger partial charge on any atom is -0.415 e. The first-order valence-electron chi connectivity index (χ1n) is 9.29. The first-order valence-corrected chi connectivity index (χ1v) is 12.6. The molecule has 1 heterocycles. The maximum Gasteiger partial charge on any atom is 0.233 e. The summed E-state index contributed by atoms with van der Waals surface area (Å²) in [5.74, 6) is 0.271. The van der Waals surface area contributed by atoms with E-state index in [9.17, 15) is 4.79 Å². The number of hydrogen-bond donors (Lipinski definition) is 0. The van der Waals surface area contributed by atoms with Crippen molar-refractivity contribution < 1.29 is 9.22 Å². The zero-order chi connectivity index (χ0) is 18.5. The van der Waals surface area contributed by atoms with E-state index in [0.29, 0.717) is 19.7 Å². The Labute approximate surface area is 157 Å². The Bertz CT molecular complexity index is 677. The minimum absolute atomic E-state index is 0.192. The van der Waals surface area contributed by atoms with E-state index in [4.69, 9.17) is 16.0 Å². The van der Waals surface area contributed by atoms with Gasteiger partial charge in [0.05, 0.1) is 12.0 Å². The molecule has 3 rings (SSSR count). The third-order valence-electron chi connectivity index (χ3n) is 6.48. The van der Waals surface area contributed by atoms with Gasteiger partial charge in [-0.3, -0.25) is 4.79 Å². The van der Waals surface area contributed by atoms with Gasteiger partial charge in [0.1, 0.15) is 0 Å². The Balaban J connectivity index is 1.74. The van der Waals surface area contributed by atoms with Gasteiger partial charge in [-0.05, 0) is 54.2 Å². The molecule has 1 spiro atoms. The van der Waals surface area contributed by atoms with Gasteiger partial charge in [0, 0.05) is 18.1 Å². The van der Waals surface area contributed by atoms with Gasteiger partial charge in [0.25, 0.3) is 0 Å². The molecule has 2 aliphatic rings. The van der Waals surface area contributed by atoms with Crippen molar-refractivity contribution in [1.82, 2.24) is 4.90 Å². The van der Waals surface area contributed by atoms with E-state index in [0.717, 1.165) is 29.8 Å². The highest BCUT2D eigenvalue weighted by Gasteiger charge is 2.51. The summed E-state index contributed by atoms with van der Waals surface area (Å²) in [6, 6.07) is 6.04. The van der Waals surface area contributed by atoms with Crippen LogP contribution in [0.5, 0.6) is 0 Å². The Morgan fingerprint density at radius 1 is 1.28 bits per heavy atom. The predicted molar refractivity (Wildman–Crippen MR) is 106 cm³/mol. The van der Waals surface area contributed by atoms with Crippen LogP contribution in [0.15, 0.2) is 18.2 Å². The van der Waals surface area contributed by atoms with E-state index < -0.39 is 8.32 Å². The molecular weight excluding hydrogens is 350 g/mol. The Morgan fingerprint density at radius 3 is 2.52 bits per heavy atom. The van der Waals surface area contributed by atoms with Gasteiger partial charge in [-0.1, -0.05) is 44.9 Å². The monoisotopic (exact) mass is 379 g/mol. The van der Waals surface area contributed by atoms with E-state index in [1.54, 1.807) is 0 Å². The molecule has 3 nitrogen and oxygen atoms in total. The molecule has 5 heteroatoms. The Hall–Kier alpha value is -0.843. The standard InChI is InChI=1S/C20H30ClNO2Si/c1-19(2,3)25(4,5)24-12-11-22-14-15-7-8-16(21)13-17(15)20(18(22)23)9-6-10-20/h7-8,13H,6,9-12,14H2,1-5H3. The summed E-state index contributed by atoms with van der Waals surface area (Å²) >= 11 is 6.21. The van der Waals surface area contributed by atoms with Crippen LogP contribution in [-0.2, 0) is 21.2 Å². The second-order valence-corrected chi connectivity index (χ2v) is 14.3. The number of carbonyl (C=O) groups excluding carboxylic acids is 1. The van der Waals surface area contributed by atoms with Crippen LogP contribution < -0.4 is 0 Å². The summed E-state index contributed by atoms with van der Waals surface area (Å²) < 4.78 is 6.30. The summed E-state index contributed by atoms with van der Waals surface area (Å²) in [7, 11) is -1.78. The lowest BCUT2D eigenvalue weighted by Crippen LogP contribution is -2.55. The maximum absolute atomic E-state index is 13.2. The molecular formula is C20H30ClNO2Si. The third-order valence-corrected chi connectivity index (χ3v) is 11.3. The molecule has 0 radical (unpaired) electrons. The maximum atomic E-state index is 13.2. The van der Waals surface area contributed by atoms with Crippen molar-refractivity contribution in [2.45, 2.75) is 70.1 Å². The van der Waals surface area contributed by atoms with Crippen LogP contribution in [0.25, 0.3) is 0 Å². The SMILES string of the molecule is CC(C)(C)[Si](C)(C)OCCN1Cc2ccc(Cl)cc2C2(CCC2)C1=O. The lowest BCUT2D eigenvalue weighted by Gasteiger charge is -2.48. The van der Waals surface area contributed by atoms with Crippen molar-refractivity contribution in [3.63, 3.8) is 0 Å². The number of halogens is 1. The molecule has 1 saturated carbocycles. The minimum atomic E-state index is -1.78. The highest BCUT2D eigenvalue weighted by atomic mass is 35.5. The first kappa shape index (κ1) is 18.9. The van der Waals surface area contributed by atoms with Crippen LogP contribution in [0.4, 0.5) is 0 Å². The van der Waals surface area contributed by atoms with Crippen molar-refractivity contribution in [2.24, 2.45) is 0 Å². The van der Waals surface area contributed by atoms with Crippen molar-refractivity contribution in [3.8, 4) is 0 Å². The van der Waals surface area contributed by atoms with Crippen LogP contribution in [-0.4, -0.2) is 32.3 Å². The molecule has 0 atom stereocenters. The van der Waals surface area contributed by atoms with Gasteiger partial charge in [0.2, 0.25) is 5.91 Å². The smallest absolute Gasteiger partial charge is 0.233 e. The number of carbonyl (C=O) groups is 1. The fourth-order valence-corrected chi connectivity index (χ4v) is 4.86. The zero-order valence-electron chi connectivity index (χ0n) is 16.1. The number of hydrogen-bond acceptors (Lipinski definition) is 2. The van der Waals surface area contributed by atoms with Gasteiger partial charge in [-0.15, -0.1) is 0 Å². The van der Waals surface area contributed by atoms with Gasteiger partial charge >= 0.3 is 0 Å². The van der Waals surface area contributed by atoms with Crippen LogP contribution in [0.2, 0.25) is 23.2 Å². The topological polar surface area (TPSA) is 29.5 Å². The summed E-state index contributed by atoms with van der Waals surface area (Å²) in [5, 5.41) is 0.921. The fraction of sp³-hybridized carbons (Fsp3) is 0.650. The van der Waals surface area contributed by atoms with E-state index in [1.165, 1.54) is 5.56 Å². The summed E-state index contributed by atoms with van der Waals surface area (Å²) in [6.07, 6.45) is 3.00. The highest BCUT2D eigenvalue weighted by molar-refractivity contribution is 6.74. The number of rotatable bonds is 4. The molecule has 1 aliphatic heterocycles. The van der Waals surface area contributed by atoms with E-state index >= 15 is 0 Å². The van der Waals surface area contributed by atoms with Crippen molar-refractivity contribution in [1.29, 1.82) is 0 Å². The van der Waals surface area contributed by atoms with E-state index in [1.807, 2.05) is 17.0 Å².